The van der Waals surface area contributed by atoms with Crippen LogP contribution in [0.5, 0.6) is 0 Å². The standard InChI is InChI=1S/C14H22.2Al.3O/c1-11(2)9-13-7-5-6-8-14(13)10-12(3)4;;;;;/h5-8,11-12H,9-10H2,1-4H3;;;;;/q;2*+3;3*-2. The summed E-state index contributed by atoms with van der Waals surface area (Å²) in [5.74, 6) is 1.51. The molecule has 3 nitrogen and oxygen atoms in total. The normalized spacial score (nSPS) is 8.32. The minimum Gasteiger partial charge on any atom is -2.00 e. The van der Waals surface area contributed by atoms with Crippen molar-refractivity contribution >= 4 is 34.7 Å². The van der Waals surface area contributed by atoms with E-state index in [1.54, 1.807) is 0 Å². The van der Waals surface area contributed by atoms with Crippen LogP contribution in [0.15, 0.2) is 24.3 Å². The maximum absolute atomic E-state index is 2.28. The Kier molecular flexibility index (Phi) is 26.9. The third-order valence-corrected chi connectivity index (χ3v) is 2.37. The fourth-order valence-corrected chi connectivity index (χ4v) is 1.84. The van der Waals surface area contributed by atoms with Crippen molar-refractivity contribution in [3.8, 4) is 0 Å². The fourth-order valence-electron chi connectivity index (χ4n) is 1.84. The topological polar surface area (TPSA) is 85.5 Å². The van der Waals surface area contributed by atoms with E-state index in [4.69, 9.17) is 0 Å². The molecule has 0 unspecified atom stereocenters. The summed E-state index contributed by atoms with van der Waals surface area (Å²) in [5, 5.41) is 0. The summed E-state index contributed by atoms with van der Waals surface area (Å²) in [7, 11) is 0. The quantitative estimate of drug-likeness (QED) is 0.764. The molecular weight excluding hydrogens is 270 g/mol. The molecule has 0 saturated carbocycles. The van der Waals surface area contributed by atoms with Gasteiger partial charge in [-0.25, -0.2) is 0 Å². The van der Waals surface area contributed by atoms with Crippen LogP contribution in [0.25, 0.3) is 0 Å². The van der Waals surface area contributed by atoms with Gasteiger partial charge in [0.25, 0.3) is 0 Å². The molecule has 0 aromatic heterocycles. The molecule has 19 heavy (non-hydrogen) atoms. The molecule has 0 amide bonds. The number of hydrogen-bond donors (Lipinski definition) is 0. The van der Waals surface area contributed by atoms with E-state index in [1.165, 1.54) is 24.0 Å². The largest absolute Gasteiger partial charge is 3.00 e. The van der Waals surface area contributed by atoms with E-state index in [0.29, 0.717) is 0 Å². The van der Waals surface area contributed by atoms with Gasteiger partial charge < -0.3 is 16.4 Å². The first-order chi connectivity index (χ1) is 6.59. The summed E-state index contributed by atoms with van der Waals surface area (Å²) in [5.41, 5.74) is 3.08. The Labute approximate surface area is 139 Å². The summed E-state index contributed by atoms with van der Waals surface area (Å²) in [6, 6.07) is 8.86. The van der Waals surface area contributed by atoms with Crippen LogP contribution in [0.4, 0.5) is 0 Å². The first-order valence-corrected chi connectivity index (χ1v) is 5.66. The Hall–Kier alpha value is 0.165. The molecule has 1 aromatic rings. The summed E-state index contributed by atoms with van der Waals surface area (Å²) >= 11 is 0. The van der Waals surface area contributed by atoms with E-state index in [0.717, 1.165) is 11.8 Å². The van der Waals surface area contributed by atoms with Crippen LogP contribution in [0.1, 0.15) is 38.8 Å². The van der Waals surface area contributed by atoms with Crippen molar-refractivity contribution in [1.29, 1.82) is 0 Å². The zero-order valence-corrected chi connectivity index (χ0v) is 14.6. The first-order valence-electron chi connectivity index (χ1n) is 5.66. The fraction of sp³-hybridized carbons (Fsp3) is 0.571. The van der Waals surface area contributed by atoms with Crippen LogP contribution in [0.2, 0.25) is 0 Å². The molecule has 102 valence electrons. The van der Waals surface area contributed by atoms with Gasteiger partial charge in [-0.05, 0) is 35.8 Å². The van der Waals surface area contributed by atoms with Gasteiger partial charge in [-0.15, -0.1) is 0 Å². The van der Waals surface area contributed by atoms with E-state index >= 15 is 0 Å². The zero-order valence-electron chi connectivity index (χ0n) is 12.3. The molecule has 0 radical (unpaired) electrons. The predicted molar refractivity (Wildman–Crippen MR) is 77.1 cm³/mol. The number of rotatable bonds is 4. The van der Waals surface area contributed by atoms with E-state index in [2.05, 4.69) is 52.0 Å². The molecule has 0 fully saturated rings. The molecule has 1 aromatic carbocycles. The Balaban J connectivity index is -0.000000131. The third-order valence-electron chi connectivity index (χ3n) is 2.37. The van der Waals surface area contributed by atoms with Gasteiger partial charge in [-0.1, -0.05) is 52.0 Å². The Morgan fingerprint density at radius 1 is 0.684 bits per heavy atom. The van der Waals surface area contributed by atoms with Crippen molar-refractivity contribution in [2.24, 2.45) is 11.8 Å². The minimum absolute atomic E-state index is 0. The van der Waals surface area contributed by atoms with Crippen molar-refractivity contribution in [2.75, 3.05) is 0 Å². The van der Waals surface area contributed by atoms with Gasteiger partial charge in [-0.3, -0.25) is 0 Å². The molecule has 0 N–H and O–H groups in total. The van der Waals surface area contributed by atoms with E-state index < -0.39 is 0 Å². The van der Waals surface area contributed by atoms with Crippen LogP contribution in [0, 0.1) is 11.8 Å². The van der Waals surface area contributed by atoms with Gasteiger partial charge in [0, 0.05) is 0 Å². The summed E-state index contributed by atoms with van der Waals surface area (Å²) in [4.78, 5) is 0. The Morgan fingerprint density at radius 3 is 1.16 bits per heavy atom. The maximum Gasteiger partial charge on any atom is 3.00 e. The predicted octanol–water partition coefficient (Wildman–Crippen LogP) is 2.97. The molecular formula is C14H22Al2O3. The van der Waals surface area contributed by atoms with Gasteiger partial charge >= 0.3 is 34.7 Å². The Morgan fingerprint density at radius 2 is 0.947 bits per heavy atom. The van der Waals surface area contributed by atoms with Crippen LogP contribution >= 0.6 is 0 Å². The van der Waals surface area contributed by atoms with Crippen molar-refractivity contribution < 1.29 is 16.4 Å². The molecule has 0 aliphatic heterocycles. The van der Waals surface area contributed by atoms with Crippen molar-refractivity contribution in [3.05, 3.63) is 35.4 Å². The monoisotopic (exact) mass is 292 g/mol. The van der Waals surface area contributed by atoms with Gasteiger partial charge in [0.1, 0.15) is 0 Å². The molecule has 0 heterocycles. The molecule has 0 spiro atoms. The van der Waals surface area contributed by atoms with E-state index in [-0.39, 0.29) is 51.2 Å². The molecule has 0 aliphatic carbocycles. The number of benzene rings is 1. The molecule has 0 saturated heterocycles. The van der Waals surface area contributed by atoms with Gasteiger partial charge in [0.05, 0.1) is 0 Å². The van der Waals surface area contributed by atoms with Crippen molar-refractivity contribution in [2.45, 2.75) is 40.5 Å². The molecule has 5 heteroatoms. The Bertz CT molecular complexity index is 263. The van der Waals surface area contributed by atoms with Gasteiger partial charge in [0.2, 0.25) is 0 Å². The molecule has 1 rings (SSSR count). The van der Waals surface area contributed by atoms with Crippen molar-refractivity contribution in [1.82, 2.24) is 0 Å². The summed E-state index contributed by atoms with van der Waals surface area (Å²) in [6.45, 7) is 9.14. The van der Waals surface area contributed by atoms with Crippen molar-refractivity contribution in [3.63, 3.8) is 0 Å². The van der Waals surface area contributed by atoms with Crippen LogP contribution in [0.3, 0.4) is 0 Å². The van der Waals surface area contributed by atoms with Gasteiger partial charge in [0.15, 0.2) is 0 Å². The summed E-state index contributed by atoms with van der Waals surface area (Å²) in [6.07, 6.45) is 2.42. The summed E-state index contributed by atoms with van der Waals surface area (Å²) < 4.78 is 0. The van der Waals surface area contributed by atoms with Crippen LogP contribution in [-0.4, -0.2) is 34.7 Å². The van der Waals surface area contributed by atoms with E-state index in [1.807, 2.05) is 0 Å². The number of hydrogen-bond acceptors (Lipinski definition) is 0. The minimum atomic E-state index is 0. The molecule has 0 atom stereocenters. The van der Waals surface area contributed by atoms with Crippen LogP contribution in [-0.2, 0) is 29.3 Å². The zero-order chi connectivity index (χ0) is 10.6. The smallest absolute Gasteiger partial charge is 2.00 e. The molecule has 0 aliphatic rings. The molecule has 0 bridgehead atoms. The average molecular weight is 292 g/mol. The SMILES string of the molecule is CC(C)Cc1ccccc1CC(C)C.[Al+3].[Al+3].[O-2].[O-2].[O-2]. The maximum atomic E-state index is 2.28. The average Bonchev–Trinajstić information content (AvgIpc) is 2.06. The second kappa shape index (κ2) is 16.2. The van der Waals surface area contributed by atoms with E-state index in [9.17, 15) is 0 Å². The second-order valence-electron chi connectivity index (χ2n) is 4.96. The second-order valence-corrected chi connectivity index (χ2v) is 4.96. The third kappa shape index (κ3) is 12.9. The van der Waals surface area contributed by atoms with Gasteiger partial charge in [-0.2, -0.15) is 0 Å². The van der Waals surface area contributed by atoms with Crippen LogP contribution < -0.4 is 0 Å². The first kappa shape index (κ1) is 31.5.